The summed E-state index contributed by atoms with van der Waals surface area (Å²) >= 11 is 8.15. The number of benzene rings is 2. The van der Waals surface area contributed by atoms with Crippen molar-refractivity contribution >= 4 is 52.1 Å². The Bertz CT molecular complexity index is 783. The Balaban J connectivity index is 1.95. The predicted molar refractivity (Wildman–Crippen MR) is 91.2 cm³/mol. The topological polar surface area (TPSA) is 38.7 Å². The monoisotopic (exact) mass is 409 g/mol. The van der Waals surface area contributed by atoms with Crippen LogP contribution in [0.2, 0.25) is 5.02 Å². The van der Waals surface area contributed by atoms with Crippen LogP contribution in [0.25, 0.3) is 6.08 Å². The van der Waals surface area contributed by atoms with E-state index in [2.05, 4.69) is 27.6 Å². The first-order valence-electron chi connectivity index (χ1n) is 6.16. The molecule has 0 unspecified atom stereocenters. The molecular weight excluding hydrogens is 401 g/mol. The van der Waals surface area contributed by atoms with Gasteiger partial charge in [0.05, 0.1) is 0 Å². The number of nitrogens with zero attached hydrogens (tertiary/aromatic N) is 1. The summed E-state index contributed by atoms with van der Waals surface area (Å²) in [6.45, 7) is 0. The van der Waals surface area contributed by atoms with Crippen LogP contribution < -0.4 is 0 Å². The molecule has 0 aromatic heterocycles. The molecule has 1 heterocycles. The third-order valence-electron chi connectivity index (χ3n) is 2.84. The van der Waals surface area contributed by atoms with Crippen molar-refractivity contribution in [2.24, 2.45) is 4.99 Å². The summed E-state index contributed by atoms with van der Waals surface area (Å²) < 4.78 is 6.29. The van der Waals surface area contributed by atoms with Crippen LogP contribution in [0.15, 0.2) is 59.2 Å². The lowest BCUT2D eigenvalue weighted by atomic mass is 10.2. The van der Waals surface area contributed by atoms with Crippen molar-refractivity contribution in [3.63, 3.8) is 0 Å². The molecule has 0 radical (unpaired) electrons. The Morgan fingerprint density at radius 2 is 1.95 bits per heavy atom. The summed E-state index contributed by atoms with van der Waals surface area (Å²) in [7, 11) is 0. The highest BCUT2D eigenvalue weighted by Gasteiger charge is 2.24. The highest BCUT2D eigenvalue weighted by Crippen LogP contribution is 2.21. The number of rotatable bonds is 2. The molecule has 5 heteroatoms. The lowest BCUT2D eigenvalue weighted by Gasteiger charge is -1.98. The van der Waals surface area contributed by atoms with Crippen molar-refractivity contribution < 1.29 is 9.53 Å². The maximum absolute atomic E-state index is 11.9. The van der Waals surface area contributed by atoms with Crippen molar-refractivity contribution in [1.29, 1.82) is 0 Å². The second kappa shape index (κ2) is 5.99. The summed E-state index contributed by atoms with van der Waals surface area (Å²) in [4.78, 5) is 16.1. The fraction of sp³-hybridized carbons (Fsp3) is 0. The molecule has 21 heavy (non-hydrogen) atoms. The maximum atomic E-state index is 11.9. The van der Waals surface area contributed by atoms with Gasteiger partial charge in [-0.15, -0.1) is 0 Å². The van der Waals surface area contributed by atoms with Crippen LogP contribution in [0.5, 0.6) is 0 Å². The van der Waals surface area contributed by atoms with Crippen molar-refractivity contribution in [2.45, 2.75) is 0 Å². The molecule has 0 saturated heterocycles. The quantitative estimate of drug-likeness (QED) is 0.422. The molecule has 2 aromatic carbocycles. The van der Waals surface area contributed by atoms with Gasteiger partial charge in [0.25, 0.3) is 0 Å². The van der Waals surface area contributed by atoms with Gasteiger partial charge in [-0.25, -0.2) is 9.79 Å². The van der Waals surface area contributed by atoms with Gasteiger partial charge in [-0.2, -0.15) is 0 Å². The first-order chi connectivity index (χ1) is 10.1. The highest BCUT2D eigenvalue weighted by atomic mass is 127. The number of halogens is 2. The number of cyclic esters (lactones) is 1. The molecular formula is C16H9ClINO2. The minimum absolute atomic E-state index is 0.277. The van der Waals surface area contributed by atoms with E-state index in [-0.39, 0.29) is 11.6 Å². The highest BCUT2D eigenvalue weighted by molar-refractivity contribution is 14.1. The fourth-order valence-corrected chi connectivity index (χ4v) is 2.67. The Labute approximate surface area is 140 Å². The Hall–Kier alpha value is -1.66. The largest absolute Gasteiger partial charge is 0.402 e. The van der Waals surface area contributed by atoms with E-state index in [0.29, 0.717) is 10.6 Å². The molecule has 3 rings (SSSR count). The van der Waals surface area contributed by atoms with Crippen LogP contribution >= 0.6 is 34.2 Å². The average molecular weight is 410 g/mol. The van der Waals surface area contributed by atoms with E-state index in [1.165, 1.54) is 0 Å². The third-order valence-corrected chi connectivity index (χ3v) is 3.75. The molecule has 0 bridgehead atoms. The van der Waals surface area contributed by atoms with Gasteiger partial charge in [0.2, 0.25) is 5.90 Å². The van der Waals surface area contributed by atoms with Gasteiger partial charge in [0, 0.05) is 14.2 Å². The molecule has 0 fully saturated rings. The van der Waals surface area contributed by atoms with Crippen LogP contribution in [0.3, 0.4) is 0 Å². The van der Waals surface area contributed by atoms with E-state index >= 15 is 0 Å². The van der Waals surface area contributed by atoms with Gasteiger partial charge in [0.15, 0.2) is 5.70 Å². The van der Waals surface area contributed by atoms with Gasteiger partial charge in [-0.05, 0) is 64.6 Å². The minimum atomic E-state index is -0.455. The zero-order valence-electron chi connectivity index (χ0n) is 10.7. The first kappa shape index (κ1) is 14.3. The third kappa shape index (κ3) is 3.33. The van der Waals surface area contributed by atoms with Crippen LogP contribution in [-0.4, -0.2) is 11.9 Å². The fourth-order valence-electron chi connectivity index (χ4n) is 1.91. The van der Waals surface area contributed by atoms with E-state index in [4.69, 9.17) is 16.3 Å². The van der Waals surface area contributed by atoms with Crippen LogP contribution in [0, 0.1) is 3.57 Å². The molecule has 1 aliphatic heterocycles. The Morgan fingerprint density at radius 3 is 2.71 bits per heavy atom. The van der Waals surface area contributed by atoms with Gasteiger partial charge in [-0.3, -0.25) is 0 Å². The van der Waals surface area contributed by atoms with Crippen LogP contribution in [0.1, 0.15) is 11.1 Å². The molecule has 3 nitrogen and oxygen atoms in total. The average Bonchev–Trinajstić information content (AvgIpc) is 2.80. The summed E-state index contributed by atoms with van der Waals surface area (Å²) in [6.07, 6.45) is 1.71. The lowest BCUT2D eigenvalue weighted by molar-refractivity contribution is -0.129. The molecule has 104 valence electrons. The van der Waals surface area contributed by atoms with E-state index in [1.54, 1.807) is 30.3 Å². The number of aliphatic imine (C=N–C) groups is 1. The molecule has 0 spiro atoms. The van der Waals surface area contributed by atoms with E-state index < -0.39 is 5.97 Å². The van der Waals surface area contributed by atoms with Gasteiger partial charge >= 0.3 is 5.97 Å². The Morgan fingerprint density at radius 1 is 1.14 bits per heavy atom. The Kier molecular flexibility index (Phi) is 4.07. The molecule has 0 aliphatic carbocycles. The molecule has 0 N–H and O–H groups in total. The van der Waals surface area contributed by atoms with Gasteiger partial charge < -0.3 is 4.74 Å². The number of carbonyl (C=O) groups is 1. The summed E-state index contributed by atoms with van der Waals surface area (Å²) in [5.41, 5.74) is 1.87. The van der Waals surface area contributed by atoms with Crippen molar-refractivity contribution in [1.82, 2.24) is 0 Å². The number of ether oxygens (including phenoxy) is 1. The van der Waals surface area contributed by atoms with E-state index in [0.717, 1.165) is 9.13 Å². The minimum Gasteiger partial charge on any atom is -0.402 e. The zero-order chi connectivity index (χ0) is 14.8. The SMILES string of the molecule is O=C1OC(c2cccc(Cl)c2)=N/C1=C/c1cccc(I)c1. The second-order valence-corrected chi connectivity index (χ2v) is 6.08. The molecule has 0 saturated carbocycles. The van der Waals surface area contributed by atoms with Crippen molar-refractivity contribution in [2.75, 3.05) is 0 Å². The first-order valence-corrected chi connectivity index (χ1v) is 7.61. The number of hydrogen-bond acceptors (Lipinski definition) is 3. The number of esters is 1. The molecule has 0 atom stereocenters. The summed E-state index contributed by atoms with van der Waals surface area (Å²) in [5, 5.41) is 0.571. The summed E-state index contributed by atoms with van der Waals surface area (Å²) in [6, 6.07) is 14.8. The molecule has 2 aromatic rings. The standard InChI is InChI=1S/C16H9ClINO2/c17-12-5-2-4-11(9-12)15-19-14(16(20)21-15)8-10-3-1-6-13(18)7-10/h1-9H/b14-8+. The second-order valence-electron chi connectivity index (χ2n) is 4.40. The maximum Gasteiger partial charge on any atom is 0.363 e. The smallest absolute Gasteiger partial charge is 0.363 e. The number of hydrogen-bond donors (Lipinski definition) is 0. The molecule has 1 aliphatic rings. The lowest BCUT2D eigenvalue weighted by Crippen LogP contribution is -2.05. The van der Waals surface area contributed by atoms with E-state index in [1.807, 2.05) is 24.3 Å². The van der Waals surface area contributed by atoms with Crippen LogP contribution in [0.4, 0.5) is 0 Å². The zero-order valence-corrected chi connectivity index (χ0v) is 13.6. The van der Waals surface area contributed by atoms with Gasteiger partial charge in [-0.1, -0.05) is 29.8 Å². The van der Waals surface area contributed by atoms with Crippen LogP contribution in [-0.2, 0) is 9.53 Å². The van der Waals surface area contributed by atoms with Gasteiger partial charge in [0.1, 0.15) is 0 Å². The number of carbonyl (C=O) groups excluding carboxylic acids is 1. The van der Waals surface area contributed by atoms with E-state index in [9.17, 15) is 4.79 Å². The molecule has 0 amide bonds. The normalized spacial score (nSPS) is 16.0. The van der Waals surface area contributed by atoms with Crippen molar-refractivity contribution in [3.05, 3.63) is 73.9 Å². The van der Waals surface area contributed by atoms with Crippen molar-refractivity contribution in [3.8, 4) is 0 Å². The summed E-state index contributed by atoms with van der Waals surface area (Å²) in [5.74, 6) is -0.178. The predicted octanol–water partition coefficient (Wildman–Crippen LogP) is 4.29.